The van der Waals surface area contributed by atoms with Crippen molar-refractivity contribution < 1.29 is 18.9 Å². The zero-order valence-electron chi connectivity index (χ0n) is 11.8. The maximum Gasteiger partial charge on any atom is 0.0707 e. The molecular weight excluding hydrogens is 220 g/mol. The van der Waals surface area contributed by atoms with Gasteiger partial charge < -0.3 is 18.9 Å². The van der Waals surface area contributed by atoms with Gasteiger partial charge in [-0.15, -0.1) is 0 Å². The molecule has 0 unspecified atom stereocenters. The molecule has 0 aromatic rings. The van der Waals surface area contributed by atoms with Crippen molar-refractivity contribution in [1.82, 2.24) is 0 Å². The molecule has 4 heteroatoms. The van der Waals surface area contributed by atoms with Gasteiger partial charge in [-0.25, -0.2) is 0 Å². The predicted molar refractivity (Wildman–Crippen MR) is 68.5 cm³/mol. The summed E-state index contributed by atoms with van der Waals surface area (Å²) < 4.78 is 21.4. The number of hydrogen-bond donors (Lipinski definition) is 0. The van der Waals surface area contributed by atoms with Crippen LogP contribution in [0.4, 0.5) is 0 Å². The Hall–Kier alpha value is -0.160. The van der Waals surface area contributed by atoms with Crippen LogP contribution in [0.1, 0.15) is 33.6 Å². The molecule has 0 saturated carbocycles. The SMILES string of the molecule is CCCOCCOCCC(C)(C)OCCOC. The van der Waals surface area contributed by atoms with Crippen LogP contribution in [0.5, 0.6) is 0 Å². The average molecular weight is 248 g/mol. The van der Waals surface area contributed by atoms with Crippen LogP contribution in [-0.2, 0) is 18.9 Å². The highest BCUT2D eigenvalue weighted by molar-refractivity contribution is 4.67. The minimum Gasteiger partial charge on any atom is -0.382 e. The Morgan fingerprint density at radius 3 is 2.06 bits per heavy atom. The Kier molecular flexibility index (Phi) is 10.9. The van der Waals surface area contributed by atoms with Crippen LogP contribution in [0.25, 0.3) is 0 Å². The van der Waals surface area contributed by atoms with Gasteiger partial charge in [-0.05, 0) is 26.7 Å². The molecule has 0 aliphatic heterocycles. The number of ether oxygens (including phenoxy) is 4. The first-order valence-corrected chi connectivity index (χ1v) is 6.41. The van der Waals surface area contributed by atoms with Crippen molar-refractivity contribution in [3.8, 4) is 0 Å². The molecule has 0 aromatic heterocycles. The van der Waals surface area contributed by atoms with E-state index in [0.29, 0.717) is 33.0 Å². The highest BCUT2D eigenvalue weighted by Gasteiger charge is 2.17. The largest absolute Gasteiger partial charge is 0.382 e. The van der Waals surface area contributed by atoms with Gasteiger partial charge in [0.05, 0.1) is 32.0 Å². The van der Waals surface area contributed by atoms with Gasteiger partial charge in [-0.1, -0.05) is 6.92 Å². The zero-order chi connectivity index (χ0) is 13.0. The molecule has 0 saturated heterocycles. The van der Waals surface area contributed by atoms with Gasteiger partial charge in [0.25, 0.3) is 0 Å². The smallest absolute Gasteiger partial charge is 0.0707 e. The molecule has 0 aliphatic carbocycles. The summed E-state index contributed by atoms with van der Waals surface area (Å²) in [5, 5.41) is 0. The summed E-state index contributed by atoms with van der Waals surface area (Å²) in [5.41, 5.74) is -0.150. The highest BCUT2D eigenvalue weighted by atomic mass is 16.5. The van der Waals surface area contributed by atoms with Crippen molar-refractivity contribution in [1.29, 1.82) is 0 Å². The van der Waals surface area contributed by atoms with Crippen molar-refractivity contribution in [2.45, 2.75) is 39.2 Å². The van der Waals surface area contributed by atoms with E-state index < -0.39 is 0 Å². The van der Waals surface area contributed by atoms with Crippen LogP contribution >= 0.6 is 0 Å². The van der Waals surface area contributed by atoms with Crippen molar-refractivity contribution in [3.05, 3.63) is 0 Å². The fourth-order valence-corrected chi connectivity index (χ4v) is 1.26. The first-order chi connectivity index (χ1) is 8.12. The monoisotopic (exact) mass is 248 g/mol. The van der Waals surface area contributed by atoms with E-state index in [4.69, 9.17) is 18.9 Å². The lowest BCUT2D eigenvalue weighted by molar-refractivity contribution is -0.0599. The molecule has 0 atom stereocenters. The van der Waals surface area contributed by atoms with Crippen molar-refractivity contribution in [2.24, 2.45) is 0 Å². The average Bonchev–Trinajstić information content (AvgIpc) is 2.28. The van der Waals surface area contributed by atoms with Gasteiger partial charge in [0.1, 0.15) is 0 Å². The number of rotatable bonds is 12. The third-order valence-corrected chi connectivity index (χ3v) is 2.35. The van der Waals surface area contributed by atoms with Crippen LogP contribution < -0.4 is 0 Å². The fourth-order valence-electron chi connectivity index (χ4n) is 1.26. The molecule has 0 amide bonds. The molecule has 4 nitrogen and oxygen atoms in total. The summed E-state index contributed by atoms with van der Waals surface area (Å²) in [6.45, 7) is 10.4. The van der Waals surface area contributed by atoms with Gasteiger partial charge in [0.15, 0.2) is 0 Å². The van der Waals surface area contributed by atoms with Crippen molar-refractivity contribution >= 4 is 0 Å². The van der Waals surface area contributed by atoms with E-state index in [2.05, 4.69) is 20.8 Å². The second kappa shape index (κ2) is 11.0. The zero-order valence-corrected chi connectivity index (χ0v) is 11.8. The predicted octanol–water partition coefficient (Wildman–Crippen LogP) is 2.26. The van der Waals surface area contributed by atoms with Gasteiger partial charge in [-0.3, -0.25) is 0 Å². The van der Waals surface area contributed by atoms with E-state index in [0.717, 1.165) is 19.4 Å². The second-order valence-electron chi connectivity index (χ2n) is 4.58. The maximum atomic E-state index is 5.68. The lowest BCUT2D eigenvalue weighted by Crippen LogP contribution is -2.28. The summed E-state index contributed by atoms with van der Waals surface area (Å²) in [6, 6.07) is 0. The Balaban J connectivity index is 3.32. The highest BCUT2D eigenvalue weighted by Crippen LogP contribution is 2.13. The Morgan fingerprint density at radius 1 is 0.824 bits per heavy atom. The lowest BCUT2D eigenvalue weighted by Gasteiger charge is -2.25. The van der Waals surface area contributed by atoms with E-state index in [1.165, 1.54) is 0 Å². The Labute approximate surface area is 106 Å². The van der Waals surface area contributed by atoms with Gasteiger partial charge in [-0.2, -0.15) is 0 Å². The lowest BCUT2D eigenvalue weighted by atomic mass is 10.1. The molecule has 0 radical (unpaired) electrons. The first kappa shape index (κ1) is 16.8. The summed E-state index contributed by atoms with van der Waals surface area (Å²) in [7, 11) is 1.68. The molecule has 104 valence electrons. The van der Waals surface area contributed by atoms with E-state index in [1.54, 1.807) is 7.11 Å². The minimum absolute atomic E-state index is 0.150. The van der Waals surface area contributed by atoms with E-state index in [-0.39, 0.29) is 5.60 Å². The van der Waals surface area contributed by atoms with E-state index in [9.17, 15) is 0 Å². The third-order valence-electron chi connectivity index (χ3n) is 2.35. The molecule has 0 rings (SSSR count). The fraction of sp³-hybridized carbons (Fsp3) is 1.00. The molecule has 0 fully saturated rings. The van der Waals surface area contributed by atoms with Crippen molar-refractivity contribution in [2.75, 3.05) is 46.8 Å². The maximum absolute atomic E-state index is 5.68. The summed E-state index contributed by atoms with van der Waals surface area (Å²) in [5.74, 6) is 0. The first-order valence-electron chi connectivity index (χ1n) is 6.41. The molecule has 0 heterocycles. The van der Waals surface area contributed by atoms with Crippen LogP contribution in [-0.4, -0.2) is 52.4 Å². The second-order valence-corrected chi connectivity index (χ2v) is 4.58. The molecule has 0 bridgehead atoms. The topological polar surface area (TPSA) is 36.9 Å². The van der Waals surface area contributed by atoms with Gasteiger partial charge >= 0.3 is 0 Å². The van der Waals surface area contributed by atoms with Crippen LogP contribution in [0.3, 0.4) is 0 Å². The molecule has 0 aliphatic rings. The van der Waals surface area contributed by atoms with Crippen LogP contribution in [0.2, 0.25) is 0 Å². The summed E-state index contributed by atoms with van der Waals surface area (Å²) >= 11 is 0. The standard InChI is InChI=1S/C13H28O4/c1-5-7-15-10-11-16-8-6-13(2,3)17-12-9-14-4/h5-12H2,1-4H3. The number of hydrogen-bond acceptors (Lipinski definition) is 4. The molecular formula is C13H28O4. The van der Waals surface area contributed by atoms with Gasteiger partial charge in [0.2, 0.25) is 0 Å². The number of methoxy groups -OCH3 is 1. The van der Waals surface area contributed by atoms with E-state index >= 15 is 0 Å². The van der Waals surface area contributed by atoms with Crippen molar-refractivity contribution in [3.63, 3.8) is 0 Å². The van der Waals surface area contributed by atoms with Gasteiger partial charge in [0, 0.05) is 20.3 Å². The Morgan fingerprint density at radius 2 is 1.47 bits per heavy atom. The minimum atomic E-state index is -0.150. The molecule has 0 N–H and O–H groups in total. The molecule has 0 aromatic carbocycles. The summed E-state index contributed by atoms with van der Waals surface area (Å²) in [4.78, 5) is 0. The van der Waals surface area contributed by atoms with E-state index in [1.807, 2.05) is 0 Å². The molecule has 0 spiro atoms. The van der Waals surface area contributed by atoms with Crippen LogP contribution in [0.15, 0.2) is 0 Å². The third kappa shape index (κ3) is 12.1. The Bertz CT molecular complexity index is 159. The normalized spacial score (nSPS) is 12.0. The quantitative estimate of drug-likeness (QED) is 0.496. The summed E-state index contributed by atoms with van der Waals surface area (Å²) in [6.07, 6.45) is 1.94. The molecule has 17 heavy (non-hydrogen) atoms. The van der Waals surface area contributed by atoms with Crippen LogP contribution in [0, 0.1) is 0 Å².